The topological polar surface area (TPSA) is 87.3 Å². The smallest absolute Gasteiger partial charge is 0.410 e. The van der Waals surface area contributed by atoms with Crippen LogP contribution in [0, 0.1) is 5.92 Å². The summed E-state index contributed by atoms with van der Waals surface area (Å²) >= 11 is 0. The lowest BCUT2D eigenvalue weighted by Crippen LogP contribution is -2.42. The van der Waals surface area contributed by atoms with Gasteiger partial charge in [0.1, 0.15) is 11.4 Å². The van der Waals surface area contributed by atoms with Crippen molar-refractivity contribution in [1.82, 2.24) is 20.2 Å². The standard InChI is InChI=1S/C24H34N4O3/c1-5-19(22-25-16-20(27-22)18-9-7-6-8-10-18)26-21(29)15-17-11-13-28(14-12-17)23(30)31-24(2,3)4/h6-10,16-17,19H,5,11-15H2,1-4H3,(H,25,27)(H,26,29). The normalized spacial score (nSPS) is 16.1. The fraction of sp³-hybridized carbons (Fsp3) is 0.542. The number of hydrogen-bond donors (Lipinski definition) is 2. The number of ether oxygens (including phenoxy) is 1. The summed E-state index contributed by atoms with van der Waals surface area (Å²) in [5.41, 5.74) is 1.52. The molecule has 1 aliphatic heterocycles. The van der Waals surface area contributed by atoms with E-state index >= 15 is 0 Å². The van der Waals surface area contributed by atoms with Crippen molar-refractivity contribution in [2.45, 2.75) is 65.0 Å². The van der Waals surface area contributed by atoms with Crippen LogP contribution in [0.5, 0.6) is 0 Å². The maximum absolute atomic E-state index is 12.7. The van der Waals surface area contributed by atoms with Crippen molar-refractivity contribution in [1.29, 1.82) is 0 Å². The predicted molar refractivity (Wildman–Crippen MR) is 120 cm³/mol. The van der Waals surface area contributed by atoms with Crippen molar-refractivity contribution in [3.63, 3.8) is 0 Å². The Morgan fingerprint density at radius 1 is 1.23 bits per heavy atom. The molecule has 0 radical (unpaired) electrons. The van der Waals surface area contributed by atoms with E-state index in [1.165, 1.54) is 0 Å². The van der Waals surface area contributed by atoms with Gasteiger partial charge in [0, 0.05) is 19.5 Å². The SMILES string of the molecule is CCC(NC(=O)CC1CCN(C(=O)OC(C)(C)C)CC1)c1ncc(-c2ccccc2)[nH]1. The van der Waals surface area contributed by atoms with Crippen molar-refractivity contribution in [3.8, 4) is 11.3 Å². The minimum atomic E-state index is -0.491. The number of hydrogen-bond acceptors (Lipinski definition) is 4. The number of nitrogens with zero attached hydrogens (tertiary/aromatic N) is 2. The molecule has 7 nitrogen and oxygen atoms in total. The maximum atomic E-state index is 12.7. The molecule has 1 aromatic carbocycles. The lowest BCUT2D eigenvalue weighted by Gasteiger charge is -2.33. The molecule has 1 saturated heterocycles. The number of amides is 2. The van der Waals surface area contributed by atoms with Crippen LogP contribution in [0.4, 0.5) is 4.79 Å². The van der Waals surface area contributed by atoms with E-state index in [4.69, 9.17) is 4.74 Å². The first-order chi connectivity index (χ1) is 14.7. The minimum absolute atomic E-state index is 0.0280. The Labute approximate surface area is 184 Å². The zero-order valence-electron chi connectivity index (χ0n) is 19.0. The van der Waals surface area contributed by atoms with Gasteiger partial charge in [-0.1, -0.05) is 37.3 Å². The second-order valence-electron chi connectivity index (χ2n) is 9.19. The van der Waals surface area contributed by atoms with Gasteiger partial charge < -0.3 is 19.9 Å². The summed E-state index contributed by atoms with van der Waals surface area (Å²) in [6, 6.07) is 9.87. The van der Waals surface area contributed by atoms with Gasteiger partial charge in [-0.05, 0) is 51.5 Å². The van der Waals surface area contributed by atoms with Gasteiger partial charge in [-0.15, -0.1) is 0 Å². The highest BCUT2D eigenvalue weighted by atomic mass is 16.6. The molecular weight excluding hydrogens is 392 g/mol. The maximum Gasteiger partial charge on any atom is 0.410 e. The van der Waals surface area contributed by atoms with Crippen LogP contribution in [0.25, 0.3) is 11.3 Å². The van der Waals surface area contributed by atoms with Gasteiger partial charge in [0.25, 0.3) is 0 Å². The van der Waals surface area contributed by atoms with E-state index in [1.54, 1.807) is 4.90 Å². The molecule has 2 amide bonds. The van der Waals surface area contributed by atoms with Gasteiger partial charge in [0.2, 0.25) is 5.91 Å². The average molecular weight is 427 g/mol. The van der Waals surface area contributed by atoms with Gasteiger partial charge in [0.05, 0.1) is 17.9 Å². The van der Waals surface area contributed by atoms with Gasteiger partial charge in [-0.3, -0.25) is 4.79 Å². The van der Waals surface area contributed by atoms with E-state index < -0.39 is 5.60 Å². The van der Waals surface area contributed by atoms with E-state index in [2.05, 4.69) is 15.3 Å². The molecule has 168 valence electrons. The number of nitrogens with one attached hydrogen (secondary N) is 2. The van der Waals surface area contributed by atoms with Crippen LogP contribution in [-0.2, 0) is 9.53 Å². The Morgan fingerprint density at radius 3 is 2.52 bits per heavy atom. The van der Waals surface area contributed by atoms with Gasteiger partial charge >= 0.3 is 6.09 Å². The predicted octanol–water partition coefficient (Wildman–Crippen LogP) is 4.68. The Morgan fingerprint density at radius 2 is 1.90 bits per heavy atom. The van der Waals surface area contributed by atoms with Gasteiger partial charge in [-0.2, -0.15) is 0 Å². The van der Waals surface area contributed by atoms with E-state index in [0.29, 0.717) is 19.5 Å². The third-order valence-corrected chi connectivity index (χ3v) is 5.49. The molecule has 0 saturated carbocycles. The molecule has 1 atom stereocenters. The van der Waals surface area contributed by atoms with Gasteiger partial charge in [-0.25, -0.2) is 9.78 Å². The highest BCUT2D eigenvalue weighted by molar-refractivity contribution is 5.76. The summed E-state index contributed by atoms with van der Waals surface area (Å²) in [5.74, 6) is 1.07. The molecule has 3 rings (SSSR count). The first kappa shape index (κ1) is 22.8. The lowest BCUT2D eigenvalue weighted by molar-refractivity contribution is -0.123. The molecule has 1 aliphatic rings. The summed E-state index contributed by atoms with van der Waals surface area (Å²) in [7, 11) is 0. The third-order valence-electron chi connectivity index (χ3n) is 5.49. The first-order valence-electron chi connectivity index (χ1n) is 11.1. The van der Waals surface area contributed by atoms with Crippen molar-refractivity contribution < 1.29 is 14.3 Å². The highest BCUT2D eigenvalue weighted by Gasteiger charge is 2.28. The monoisotopic (exact) mass is 426 g/mol. The highest BCUT2D eigenvalue weighted by Crippen LogP contribution is 2.24. The number of carbonyl (C=O) groups excluding carboxylic acids is 2. The zero-order chi connectivity index (χ0) is 22.4. The zero-order valence-corrected chi connectivity index (χ0v) is 19.0. The Bertz CT molecular complexity index is 864. The third kappa shape index (κ3) is 6.57. The van der Waals surface area contributed by atoms with E-state index in [1.807, 2.05) is 64.2 Å². The summed E-state index contributed by atoms with van der Waals surface area (Å²) < 4.78 is 5.44. The van der Waals surface area contributed by atoms with Crippen LogP contribution in [0.15, 0.2) is 36.5 Å². The van der Waals surface area contributed by atoms with Crippen molar-refractivity contribution in [2.24, 2.45) is 5.92 Å². The molecule has 1 unspecified atom stereocenters. The van der Waals surface area contributed by atoms with Crippen LogP contribution in [-0.4, -0.2) is 45.6 Å². The number of aromatic amines is 1. The largest absolute Gasteiger partial charge is 0.444 e. The minimum Gasteiger partial charge on any atom is -0.444 e. The van der Waals surface area contributed by atoms with Crippen LogP contribution in [0.3, 0.4) is 0 Å². The second-order valence-corrected chi connectivity index (χ2v) is 9.19. The van der Waals surface area contributed by atoms with Crippen molar-refractivity contribution >= 4 is 12.0 Å². The molecular formula is C24H34N4O3. The van der Waals surface area contributed by atoms with E-state index in [0.717, 1.165) is 36.3 Å². The second kappa shape index (κ2) is 9.98. The Hall–Kier alpha value is -2.83. The van der Waals surface area contributed by atoms with Gasteiger partial charge in [0.15, 0.2) is 0 Å². The Balaban J connectivity index is 1.49. The summed E-state index contributed by atoms with van der Waals surface area (Å²) in [5, 5.41) is 3.12. The number of carbonyl (C=O) groups is 2. The summed E-state index contributed by atoms with van der Waals surface area (Å²) in [6.07, 6.45) is 4.38. The number of rotatable bonds is 6. The molecule has 7 heteroatoms. The van der Waals surface area contributed by atoms with Crippen LogP contribution < -0.4 is 5.32 Å². The molecule has 0 bridgehead atoms. The van der Waals surface area contributed by atoms with Crippen LogP contribution in [0.2, 0.25) is 0 Å². The molecule has 2 heterocycles. The van der Waals surface area contributed by atoms with Crippen LogP contribution >= 0.6 is 0 Å². The number of aromatic nitrogens is 2. The molecule has 1 fully saturated rings. The fourth-order valence-electron chi connectivity index (χ4n) is 3.80. The Kier molecular flexibility index (Phi) is 7.36. The molecule has 0 aliphatic carbocycles. The summed E-state index contributed by atoms with van der Waals surface area (Å²) in [4.78, 5) is 34.5. The summed E-state index contributed by atoms with van der Waals surface area (Å²) in [6.45, 7) is 8.90. The molecule has 1 aromatic heterocycles. The number of imidazole rings is 1. The molecule has 0 spiro atoms. The number of likely N-dealkylation sites (tertiary alicyclic amines) is 1. The number of piperidine rings is 1. The first-order valence-corrected chi connectivity index (χ1v) is 11.1. The average Bonchev–Trinajstić information content (AvgIpc) is 3.22. The van der Waals surface area contributed by atoms with Crippen molar-refractivity contribution in [2.75, 3.05) is 13.1 Å². The molecule has 2 aromatic rings. The van der Waals surface area contributed by atoms with E-state index in [9.17, 15) is 9.59 Å². The molecule has 31 heavy (non-hydrogen) atoms. The molecule has 2 N–H and O–H groups in total. The number of benzene rings is 1. The fourth-order valence-corrected chi connectivity index (χ4v) is 3.80. The number of H-pyrrole nitrogens is 1. The quantitative estimate of drug-likeness (QED) is 0.702. The van der Waals surface area contributed by atoms with Crippen LogP contribution in [0.1, 0.15) is 65.2 Å². The van der Waals surface area contributed by atoms with E-state index in [-0.39, 0.29) is 24.0 Å². The lowest BCUT2D eigenvalue weighted by atomic mass is 9.93. The van der Waals surface area contributed by atoms with Crippen molar-refractivity contribution in [3.05, 3.63) is 42.4 Å².